The van der Waals surface area contributed by atoms with Gasteiger partial charge in [0.1, 0.15) is 17.5 Å². The van der Waals surface area contributed by atoms with Crippen molar-refractivity contribution in [2.45, 2.75) is 71.0 Å². The fraction of sp³-hybridized carbons (Fsp3) is 0.650. The van der Waals surface area contributed by atoms with Gasteiger partial charge in [0.15, 0.2) is 0 Å². The van der Waals surface area contributed by atoms with E-state index >= 15 is 0 Å². The Morgan fingerprint density at radius 3 is 2.36 bits per heavy atom. The van der Waals surface area contributed by atoms with Crippen LogP contribution >= 0.6 is 0 Å². The number of carbonyl (C=O) groups is 1. The molecule has 0 unspecified atom stereocenters. The van der Waals surface area contributed by atoms with Gasteiger partial charge in [-0.2, -0.15) is 0 Å². The maximum atomic E-state index is 12.2. The molecule has 0 radical (unpaired) electrons. The van der Waals surface area contributed by atoms with Gasteiger partial charge < -0.3 is 14.4 Å². The maximum Gasteiger partial charge on any atom is 0.410 e. The lowest BCUT2D eigenvalue weighted by atomic mass is 10.1. The number of nitro groups is 1. The van der Waals surface area contributed by atoms with Crippen molar-refractivity contribution in [1.82, 2.24) is 4.90 Å². The van der Waals surface area contributed by atoms with E-state index in [2.05, 4.69) is 19.6 Å². The Kier molecular flexibility index (Phi) is 6.74. The average Bonchev–Trinajstić information content (AvgIpc) is 2.54. The van der Waals surface area contributed by atoms with Gasteiger partial charge in [-0.05, 0) is 32.9 Å². The molecule has 0 bridgehead atoms. The van der Waals surface area contributed by atoms with E-state index in [4.69, 9.17) is 9.47 Å². The van der Waals surface area contributed by atoms with Crippen LogP contribution in [-0.4, -0.2) is 48.8 Å². The van der Waals surface area contributed by atoms with Crippen LogP contribution in [0.2, 0.25) is 19.6 Å². The Bertz CT molecular complexity index is 716. The van der Waals surface area contributed by atoms with Crippen LogP contribution < -0.4 is 4.74 Å². The summed E-state index contributed by atoms with van der Waals surface area (Å²) >= 11 is 0. The number of hydrogen-bond donors (Lipinski definition) is 0. The van der Waals surface area contributed by atoms with Crippen LogP contribution in [0.15, 0.2) is 18.2 Å². The lowest BCUT2D eigenvalue weighted by Gasteiger charge is -2.34. The molecule has 156 valence electrons. The first-order chi connectivity index (χ1) is 12.9. The Morgan fingerprint density at radius 2 is 1.86 bits per heavy atom. The molecular weight excluding hydrogens is 376 g/mol. The molecule has 1 aromatic carbocycles. The van der Waals surface area contributed by atoms with Crippen LogP contribution in [0.3, 0.4) is 0 Å². The Balaban J connectivity index is 2.08. The third-order valence-corrected chi connectivity index (χ3v) is 5.81. The number of ether oxygens (including phenoxy) is 2. The maximum absolute atomic E-state index is 12.2. The summed E-state index contributed by atoms with van der Waals surface area (Å²) in [6, 6.07) is 5.74. The van der Waals surface area contributed by atoms with Gasteiger partial charge in [0.25, 0.3) is 5.69 Å². The Morgan fingerprint density at radius 1 is 1.25 bits per heavy atom. The monoisotopic (exact) mass is 408 g/mol. The van der Waals surface area contributed by atoms with Crippen LogP contribution in [0.1, 0.15) is 39.2 Å². The number of carbonyl (C=O) groups excluding carboxylic acids is 1. The Labute approximate surface area is 168 Å². The molecule has 0 atom stereocenters. The van der Waals surface area contributed by atoms with E-state index in [1.807, 2.05) is 26.8 Å². The van der Waals surface area contributed by atoms with Gasteiger partial charge in [-0.3, -0.25) is 10.1 Å². The van der Waals surface area contributed by atoms with Gasteiger partial charge in [0.05, 0.1) is 10.5 Å². The minimum Gasteiger partial charge on any atom is -0.490 e. The molecule has 1 heterocycles. The number of nitro benzene ring substituents is 1. The van der Waals surface area contributed by atoms with Crippen molar-refractivity contribution in [2.75, 3.05) is 13.1 Å². The molecule has 0 saturated carbocycles. The topological polar surface area (TPSA) is 81.9 Å². The second kappa shape index (κ2) is 8.51. The van der Waals surface area contributed by atoms with E-state index in [-0.39, 0.29) is 22.8 Å². The van der Waals surface area contributed by atoms with E-state index in [1.165, 1.54) is 0 Å². The summed E-state index contributed by atoms with van der Waals surface area (Å²) in [5, 5.41) is 11.5. The smallest absolute Gasteiger partial charge is 0.410 e. The first-order valence-corrected chi connectivity index (χ1v) is 13.5. The minimum absolute atomic E-state index is 0.0684. The van der Waals surface area contributed by atoms with Crippen LogP contribution in [0.5, 0.6) is 5.75 Å². The second-order valence-corrected chi connectivity index (χ2v) is 15.0. The number of benzene rings is 1. The van der Waals surface area contributed by atoms with Crippen molar-refractivity contribution < 1.29 is 19.2 Å². The van der Waals surface area contributed by atoms with E-state index < -0.39 is 13.7 Å². The molecule has 8 heteroatoms. The van der Waals surface area contributed by atoms with Gasteiger partial charge in [-0.15, -0.1) is 0 Å². The van der Waals surface area contributed by atoms with E-state index in [1.54, 1.807) is 17.0 Å². The highest BCUT2D eigenvalue weighted by Crippen LogP contribution is 2.33. The fourth-order valence-corrected chi connectivity index (χ4v) is 4.62. The molecule has 0 aromatic heterocycles. The van der Waals surface area contributed by atoms with Crippen LogP contribution in [0, 0.1) is 10.1 Å². The van der Waals surface area contributed by atoms with Gasteiger partial charge in [0, 0.05) is 40.1 Å². The molecule has 2 rings (SSSR count). The molecule has 7 nitrogen and oxygen atoms in total. The second-order valence-electron chi connectivity index (χ2n) is 9.53. The quantitative estimate of drug-likeness (QED) is 0.397. The molecule has 0 N–H and O–H groups in total. The molecule has 1 fully saturated rings. The first-order valence-electron chi connectivity index (χ1n) is 9.76. The number of rotatable bonds is 5. The zero-order chi connectivity index (χ0) is 21.1. The van der Waals surface area contributed by atoms with E-state index in [0.29, 0.717) is 43.3 Å². The van der Waals surface area contributed by atoms with Crippen molar-refractivity contribution in [1.29, 1.82) is 0 Å². The third kappa shape index (κ3) is 6.51. The largest absolute Gasteiger partial charge is 0.490 e. The summed E-state index contributed by atoms with van der Waals surface area (Å²) in [7, 11) is -1.58. The molecule has 1 aliphatic heterocycles. The molecule has 1 saturated heterocycles. The van der Waals surface area contributed by atoms with Gasteiger partial charge >= 0.3 is 6.09 Å². The molecular formula is C20H32N2O5Si. The highest BCUT2D eigenvalue weighted by molar-refractivity contribution is 6.75. The molecule has 28 heavy (non-hydrogen) atoms. The van der Waals surface area contributed by atoms with E-state index in [0.717, 1.165) is 0 Å². The Hall–Kier alpha value is -2.09. The zero-order valence-corrected chi connectivity index (χ0v) is 18.8. The number of hydrogen-bond acceptors (Lipinski definition) is 5. The van der Waals surface area contributed by atoms with Crippen molar-refractivity contribution in [3.8, 4) is 5.75 Å². The standard InChI is InChI=1S/C20H32N2O5Si/c1-20(2,3)27-19(23)21-12-10-15(11-13-21)26-18-9-7-8-17(22(24)25)16(18)14-28(4,5)6/h7-9,15H,10-14H2,1-6H3. The zero-order valence-electron chi connectivity index (χ0n) is 17.8. The van der Waals surface area contributed by atoms with Crippen molar-refractivity contribution in [3.05, 3.63) is 33.9 Å². The predicted molar refractivity (Wildman–Crippen MR) is 112 cm³/mol. The molecule has 1 aromatic rings. The summed E-state index contributed by atoms with van der Waals surface area (Å²) in [4.78, 5) is 25.1. The number of likely N-dealkylation sites (tertiary alicyclic amines) is 1. The molecule has 1 aliphatic rings. The number of amides is 1. The molecule has 0 spiro atoms. The summed E-state index contributed by atoms with van der Waals surface area (Å²) in [5.41, 5.74) is 0.312. The summed E-state index contributed by atoms with van der Waals surface area (Å²) in [5.74, 6) is 0.604. The summed E-state index contributed by atoms with van der Waals surface area (Å²) in [6.45, 7) is 13.2. The lowest BCUT2D eigenvalue weighted by molar-refractivity contribution is -0.385. The van der Waals surface area contributed by atoms with Crippen LogP contribution in [-0.2, 0) is 10.8 Å². The predicted octanol–water partition coefficient (Wildman–Crippen LogP) is 4.79. The van der Waals surface area contributed by atoms with Crippen molar-refractivity contribution in [3.63, 3.8) is 0 Å². The van der Waals surface area contributed by atoms with Gasteiger partial charge in [0.2, 0.25) is 0 Å². The van der Waals surface area contributed by atoms with Crippen molar-refractivity contribution in [2.24, 2.45) is 0 Å². The normalized spacial score (nSPS) is 16.0. The average molecular weight is 409 g/mol. The SMILES string of the molecule is CC(C)(C)OC(=O)N1CCC(Oc2cccc([N+](=O)[O-])c2C[Si](C)(C)C)CC1. The first kappa shape index (κ1) is 22.2. The number of piperidine rings is 1. The highest BCUT2D eigenvalue weighted by atomic mass is 28.3. The van der Waals surface area contributed by atoms with Gasteiger partial charge in [-0.25, -0.2) is 4.79 Å². The summed E-state index contributed by atoms with van der Waals surface area (Å²) < 4.78 is 11.6. The van der Waals surface area contributed by atoms with Crippen LogP contribution in [0.4, 0.5) is 10.5 Å². The third-order valence-electron chi connectivity index (χ3n) is 4.40. The van der Waals surface area contributed by atoms with Crippen LogP contribution in [0.25, 0.3) is 0 Å². The van der Waals surface area contributed by atoms with Crippen molar-refractivity contribution >= 4 is 19.9 Å². The molecule has 0 aliphatic carbocycles. The molecule has 1 amide bonds. The summed E-state index contributed by atoms with van der Waals surface area (Å²) in [6.07, 6.45) is 0.977. The minimum atomic E-state index is -1.58. The van der Waals surface area contributed by atoms with E-state index in [9.17, 15) is 14.9 Å². The number of nitrogens with zero attached hydrogens (tertiary/aromatic N) is 2. The lowest BCUT2D eigenvalue weighted by Crippen LogP contribution is -2.44. The van der Waals surface area contributed by atoms with Gasteiger partial charge in [-0.1, -0.05) is 25.7 Å². The highest BCUT2D eigenvalue weighted by Gasteiger charge is 2.30. The fourth-order valence-electron chi connectivity index (χ4n) is 3.21.